The predicted octanol–water partition coefficient (Wildman–Crippen LogP) is 2.75. The number of methoxy groups -OCH3 is 1. The van der Waals surface area contributed by atoms with Gasteiger partial charge in [0.1, 0.15) is 5.75 Å². The lowest BCUT2D eigenvalue weighted by molar-refractivity contribution is -0.121. The van der Waals surface area contributed by atoms with Gasteiger partial charge in [0.15, 0.2) is 0 Å². The highest BCUT2D eigenvalue weighted by Gasteiger charge is 2.33. The minimum Gasteiger partial charge on any atom is -0.497 e. The molecule has 1 atom stereocenters. The number of carbonyl (C=O) groups excluding carboxylic acids is 2. The fourth-order valence-corrected chi connectivity index (χ4v) is 3.23. The van der Waals surface area contributed by atoms with E-state index in [0.717, 1.165) is 24.2 Å². The molecule has 126 valence electrons. The van der Waals surface area contributed by atoms with E-state index in [9.17, 15) is 9.59 Å². The van der Waals surface area contributed by atoms with Crippen molar-refractivity contribution < 1.29 is 14.3 Å². The maximum absolute atomic E-state index is 12.2. The number of rotatable bonds is 7. The van der Waals surface area contributed by atoms with Crippen molar-refractivity contribution in [1.29, 1.82) is 0 Å². The van der Waals surface area contributed by atoms with Crippen LogP contribution >= 0.6 is 11.3 Å². The first-order valence-corrected chi connectivity index (χ1v) is 8.80. The van der Waals surface area contributed by atoms with E-state index < -0.39 is 0 Å². The minimum absolute atomic E-state index is 0.0120. The van der Waals surface area contributed by atoms with Gasteiger partial charge in [-0.3, -0.25) is 9.59 Å². The van der Waals surface area contributed by atoms with Gasteiger partial charge in [-0.2, -0.15) is 0 Å². The number of hydrogen-bond acceptors (Lipinski definition) is 4. The Labute approximate surface area is 145 Å². The molecule has 0 saturated heterocycles. The van der Waals surface area contributed by atoms with E-state index in [1.807, 2.05) is 35.7 Å². The normalized spacial score (nSPS) is 14.7. The van der Waals surface area contributed by atoms with Crippen LogP contribution in [-0.4, -0.2) is 25.5 Å². The number of carbonyl (C=O) groups is 2. The molecular weight excluding hydrogens is 324 g/mol. The van der Waals surface area contributed by atoms with Gasteiger partial charge in [0.05, 0.1) is 24.6 Å². The van der Waals surface area contributed by atoms with Gasteiger partial charge < -0.3 is 15.4 Å². The molecule has 2 N–H and O–H groups in total. The summed E-state index contributed by atoms with van der Waals surface area (Å²) in [6.45, 7) is -0.0177. The van der Waals surface area contributed by atoms with Crippen LogP contribution in [0, 0.1) is 5.92 Å². The molecule has 0 radical (unpaired) electrons. The van der Waals surface area contributed by atoms with Crippen molar-refractivity contribution in [3.05, 3.63) is 52.2 Å². The zero-order valence-electron chi connectivity index (χ0n) is 13.5. The van der Waals surface area contributed by atoms with Gasteiger partial charge in [-0.15, -0.1) is 11.3 Å². The Bertz CT molecular complexity index is 694. The number of hydrogen-bond donors (Lipinski definition) is 2. The lowest BCUT2D eigenvalue weighted by atomic mass is 10.0. The van der Waals surface area contributed by atoms with Gasteiger partial charge in [0.25, 0.3) is 5.91 Å². The molecule has 1 unspecified atom stereocenters. The Morgan fingerprint density at radius 1 is 1.25 bits per heavy atom. The van der Waals surface area contributed by atoms with Gasteiger partial charge in [0, 0.05) is 0 Å². The van der Waals surface area contributed by atoms with Gasteiger partial charge in [0.2, 0.25) is 5.91 Å². The topological polar surface area (TPSA) is 67.4 Å². The Hall–Kier alpha value is -2.34. The number of thiophene rings is 1. The van der Waals surface area contributed by atoms with Gasteiger partial charge in [-0.05, 0) is 47.9 Å². The first kappa shape index (κ1) is 16.5. The second-order valence-corrected chi connectivity index (χ2v) is 6.76. The highest BCUT2D eigenvalue weighted by atomic mass is 32.1. The molecule has 0 spiro atoms. The summed E-state index contributed by atoms with van der Waals surface area (Å²) in [4.78, 5) is 24.7. The zero-order valence-corrected chi connectivity index (χ0v) is 14.3. The summed E-state index contributed by atoms with van der Waals surface area (Å²) >= 11 is 1.36. The highest BCUT2D eigenvalue weighted by Crippen LogP contribution is 2.41. The van der Waals surface area contributed by atoms with Crippen molar-refractivity contribution >= 4 is 23.2 Å². The lowest BCUT2D eigenvalue weighted by Gasteiger charge is -2.19. The molecule has 5 nitrogen and oxygen atoms in total. The number of benzene rings is 1. The molecule has 1 fully saturated rings. The monoisotopic (exact) mass is 344 g/mol. The quantitative estimate of drug-likeness (QED) is 0.811. The van der Waals surface area contributed by atoms with Gasteiger partial charge in [-0.25, -0.2) is 0 Å². The Morgan fingerprint density at radius 2 is 2.00 bits per heavy atom. The van der Waals surface area contributed by atoms with Crippen molar-refractivity contribution in [3.8, 4) is 5.75 Å². The summed E-state index contributed by atoms with van der Waals surface area (Å²) in [5.41, 5.74) is 1.07. The van der Waals surface area contributed by atoms with E-state index in [1.165, 1.54) is 11.3 Å². The maximum atomic E-state index is 12.2. The van der Waals surface area contributed by atoms with Crippen LogP contribution in [-0.2, 0) is 4.79 Å². The molecule has 1 aromatic carbocycles. The SMILES string of the molecule is COc1ccc(C(NC(=O)CNC(=O)c2cccs2)C2CC2)cc1. The Kier molecular flexibility index (Phi) is 5.15. The molecule has 6 heteroatoms. The van der Waals surface area contributed by atoms with Crippen LogP contribution in [0.25, 0.3) is 0 Å². The van der Waals surface area contributed by atoms with E-state index in [1.54, 1.807) is 13.2 Å². The molecule has 2 amide bonds. The molecule has 1 aromatic heterocycles. The van der Waals surface area contributed by atoms with Crippen LogP contribution in [0.15, 0.2) is 41.8 Å². The molecule has 1 aliphatic rings. The average molecular weight is 344 g/mol. The van der Waals surface area contributed by atoms with Gasteiger partial charge in [-0.1, -0.05) is 18.2 Å². The molecule has 1 aliphatic carbocycles. The van der Waals surface area contributed by atoms with E-state index in [0.29, 0.717) is 10.8 Å². The molecule has 0 bridgehead atoms. The minimum atomic E-state index is -0.215. The highest BCUT2D eigenvalue weighted by molar-refractivity contribution is 7.12. The van der Waals surface area contributed by atoms with Crippen LogP contribution in [0.2, 0.25) is 0 Å². The third-order valence-electron chi connectivity index (χ3n) is 4.04. The molecule has 1 saturated carbocycles. The van der Waals surface area contributed by atoms with E-state index >= 15 is 0 Å². The molecule has 1 heterocycles. The standard InChI is InChI=1S/C18H20N2O3S/c1-23-14-8-6-13(7-9-14)17(12-4-5-12)20-16(21)11-19-18(22)15-3-2-10-24-15/h2-3,6-10,12,17H,4-5,11H2,1H3,(H,19,22)(H,20,21). The summed E-state index contributed by atoms with van der Waals surface area (Å²) in [5, 5.41) is 7.54. The van der Waals surface area contributed by atoms with E-state index in [-0.39, 0.29) is 24.4 Å². The van der Waals surface area contributed by atoms with Crippen molar-refractivity contribution in [2.75, 3.05) is 13.7 Å². The van der Waals surface area contributed by atoms with Crippen molar-refractivity contribution in [3.63, 3.8) is 0 Å². The second kappa shape index (κ2) is 7.49. The summed E-state index contributed by atoms with van der Waals surface area (Å²) in [6, 6.07) is 11.3. The third-order valence-corrected chi connectivity index (χ3v) is 4.91. The summed E-state index contributed by atoms with van der Waals surface area (Å²) in [7, 11) is 1.63. The zero-order chi connectivity index (χ0) is 16.9. The van der Waals surface area contributed by atoms with E-state index in [4.69, 9.17) is 4.74 Å². The Balaban J connectivity index is 1.57. The smallest absolute Gasteiger partial charge is 0.261 e. The van der Waals surface area contributed by atoms with Crippen LogP contribution < -0.4 is 15.4 Å². The number of ether oxygens (including phenoxy) is 1. The first-order valence-electron chi connectivity index (χ1n) is 7.92. The maximum Gasteiger partial charge on any atom is 0.261 e. The van der Waals surface area contributed by atoms with Gasteiger partial charge >= 0.3 is 0 Å². The second-order valence-electron chi connectivity index (χ2n) is 5.82. The fraction of sp³-hybridized carbons (Fsp3) is 0.333. The van der Waals surface area contributed by atoms with Crippen LogP contribution in [0.4, 0.5) is 0 Å². The number of amides is 2. The summed E-state index contributed by atoms with van der Waals surface area (Å²) < 4.78 is 5.17. The van der Waals surface area contributed by atoms with Crippen LogP contribution in [0.5, 0.6) is 5.75 Å². The summed E-state index contributed by atoms with van der Waals surface area (Å²) in [6.07, 6.45) is 2.22. The molecule has 3 rings (SSSR count). The third kappa shape index (κ3) is 4.14. The molecular formula is C18H20N2O3S. The van der Waals surface area contributed by atoms with Crippen molar-refractivity contribution in [2.24, 2.45) is 5.92 Å². The fourth-order valence-electron chi connectivity index (χ4n) is 2.59. The first-order chi connectivity index (χ1) is 11.7. The summed E-state index contributed by atoms with van der Waals surface area (Å²) in [5.74, 6) is 0.873. The van der Waals surface area contributed by atoms with Crippen LogP contribution in [0.3, 0.4) is 0 Å². The lowest BCUT2D eigenvalue weighted by Crippen LogP contribution is -2.39. The van der Waals surface area contributed by atoms with E-state index in [2.05, 4.69) is 10.6 Å². The molecule has 24 heavy (non-hydrogen) atoms. The molecule has 2 aromatic rings. The average Bonchev–Trinajstić information content (AvgIpc) is 3.30. The largest absolute Gasteiger partial charge is 0.497 e. The van der Waals surface area contributed by atoms with Crippen molar-refractivity contribution in [1.82, 2.24) is 10.6 Å². The van der Waals surface area contributed by atoms with Crippen LogP contribution in [0.1, 0.15) is 34.1 Å². The molecule has 0 aliphatic heterocycles. The number of nitrogens with one attached hydrogen (secondary N) is 2. The Morgan fingerprint density at radius 3 is 2.58 bits per heavy atom. The van der Waals surface area contributed by atoms with Crippen molar-refractivity contribution in [2.45, 2.75) is 18.9 Å². The predicted molar refractivity (Wildman–Crippen MR) is 93.3 cm³/mol.